The largest absolute Gasteiger partial charge is 0.351 e. The maximum absolute atomic E-state index is 11.0. The smallest absolute Gasteiger partial charge is 0.217 e. The van der Waals surface area contributed by atoms with Crippen molar-refractivity contribution in [2.45, 2.75) is 32.4 Å². The summed E-state index contributed by atoms with van der Waals surface area (Å²) in [5.41, 5.74) is 1.67. The molecular formula is C15H18N6O. The van der Waals surface area contributed by atoms with Gasteiger partial charge in [-0.15, -0.1) is 0 Å². The summed E-state index contributed by atoms with van der Waals surface area (Å²) >= 11 is 0. The van der Waals surface area contributed by atoms with Gasteiger partial charge in [0.25, 0.3) is 0 Å². The third-order valence-electron chi connectivity index (χ3n) is 3.66. The van der Waals surface area contributed by atoms with Crippen LogP contribution in [-0.2, 0) is 11.3 Å². The average Bonchev–Trinajstić information content (AvgIpc) is 3.04. The number of anilines is 1. The Bertz CT molecular complexity index is 647. The van der Waals surface area contributed by atoms with Gasteiger partial charge >= 0.3 is 0 Å². The number of carbonyl (C=O) groups excluding carboxylic acids is 1. The first kappa shape index (κ1) is 14.4. The Morgan fingerprint density at radius 2 is 2.23 bits per heavy atom. The molecule has 0 aliphatic carbocycles. The standard InChI is InChI=1S/C15H18N6O/c1-11(22)19-8-12-7-17-9-13(20-12)14-3-2-6-21(14)15-10-16-4-5-18-15/h4-5,7,9-10,14H,2-3,6,8H2,1H3,(H,19,22)/t14-/m1/s1. The molecule has 1 saturated heterocycles. The van der Waals surface area contributed by atoms with Gasteiger partial charge in [0.1, 0.15) is 5.82 Å². The molecular weight excluding hydrogens is 280 g/mol. The first-order valence-corrected chi connectivity index (χ1v) is 7.32. The van der Waals surface area contributed by atoms with Gasteiger partial charge in [0, 0.05) is 25.9 Å². The molecule has 0 spiro atoms. The molecule has 114 valence electrons. The van der Waals surface area contributed by atoms with Crippen LogP contribution >= 0.6 is 0 Å². The monoisotopic (exact) mass is 298 g/mol. The predicted octanol–water partition coefficient (Wildman–Crippen LogP) is 1.24. The van der Waals surface area contributed by atoms with Crippen LogP contribution in [-0.4, -0.2) is 32.4 Å². The third-order valence-corrected chi connectivity index (χ3v) is 3.66. The van der Waals surface area contributed by atoms with Gasteiger partial charge in [0.05, 0.1) is 42.6 Å². The van der Waals surface area contributed by atoms with E-state index in [-0.39, 0.29) is 11.9 Å². The highest BCUT2D eigenvalue weighted by atomic mass is 16.1. The highest BCUT2D eigenvalue weighted by Crippen LogP contribution is 2.33. The van der Waals surface area contributed by atoms with Gasteiger partial charge < -0.3 is 10.2 Å². The molecule has 1 N–H and O–H groups in total. The van der Waals surface area contributed by atoms with Crippen molar-refractivity contribution >= 4 is 11.7 Å². The molecule has 1 atom stereocenters. The molecule has 1 aliphatic rings. The fourth-order valence-electron chi connectivity index (χ4n) is 2.67. The quantitative estimate of drug-likeness (QED) is 0.914. The molecule has 3 heterocycles. The van der Waals surface area contributed by atoms with Crippen molar-refractivity contribution in [2.24, 2.45) is 0 Å². The molecule has 0 aromatic carbocycles. The maximum atomic E-state index is 11.0. The molecule has 22 heavy (non-hydrogen) atoms. The van der Waals surface area contributed by atoms with E-state index in [1.165, 1.54) is 6.92 Å². The molecule has 1 aliphatic heterocycles. The molecule has 0 bridgehead atoms. The molecule has 3 rings (SSSR count). The van der Waals surface area contributed by atoms with Gasteiger partial charge in [0.15, 0.2) is 0 Å². The molecule has 1 amide bonds. The van der Waals surface area contributed by atoms with Gasteiger partial charge in [-0.1, -0.05) is 0 Å². The summed E-state index contributed by atoms with van der Waals surface area (Å²) in [6, 6.07) is 0.154. The van der Waals surface area contributed by atoms with Crippen LogP contribution in [0.5, 0.6) is 0 Å². The van der Waals surface area contributed by atoms with E-state index in [2.05, 4.69) is 30.2 Å². The normalized spacial score (nSPS) is 17.5. The fraction of sp³-hybridized carbons (Fsp3) is 0.400. The van der Waals surface area contributed by atoms with E-state index < -0.39 is 0 Å². The van der Waals surface area contributed by atoms with Crippen LogP contribution in [0.25, 0.3) is 0 Å². The van der Waals surface area contributed by atoms with Crippen LogP contribution in [0.1, 0.15) is 37.2 Å². The lowest BCUT2D eigenvalue weighted by Crippen LogP contribution is -2.25. The summed E-state index contributed by atoms with van der Waals surface area (Å²) in [6.07, 6.45) is 10.7. The Morgan fingerprint density at radius 1 is 1.32 bits per heavy atom. The lowest BCUT2D eigenvalue weighted by molar-refractivity contribution is -0.119. The van der Waals surface area contributed by atoms with E-state index in [1.54, 1.807) is 31.0 Å². The van der Waals surface area contributed by atoms with E-state index in [9.17, 15) is 4.79 Å². The minimum Gasteiger partial charge on any atom is -0.351 e. The van der Waals surface area contributed by atoms with Gasteiger partial charge in [-0.05, 0) is 12.8 Å². The Kier molecular flexibility index (Phi) is 4.22. The summed E-state index contributed by atoms with van der Waals surface area (Å²) in [5.74, 6) is 0.785. The van der Waals surface area contributed by atoms with Crippen LogP contribution in [0.3, 0.4) is 0 Å². The van der Waals surface area contributed by atoms with Crippen molar-refractivity contribution in [3.63, 3.8) is 0 Å². The van der Waals surface area contributed by atoms with Gasteiger partial charge in [-0.3, -0.25) is 19.7 Å². The van der Waals surface area contributed by atoms with Crippen molar-refractivity contribution in [3.05, 3.63) is 42.4 Å². The molecule has 2 aromatic rings. The third kappa shape index (κ3) is 3.19. The Morgan fingerprint density at radius 3 is 3.00 bits per heavy atom. The molecule has 0 radical (unpaired) electrons. The zero-order valence-electron chi connectivity index (χ0n) is 12.4. The van der Waals surface area contributed by atoms with Crippen LogP contribution < -0.4 is 10.2 Å². The van der Waals surface area contributed by atoms with Crippen molar-refractivity contribution in [2.75, 3.05) is 11.4 Å². The van der Waals surface area contributed by atoms with Gasteiger partial charge in [-0.2, -0.15) is 0 Å². The van der Waals surface area contributed by atoms with Gasteiger partial charge in [-0.25, -0.2) is 4.98 Å². The van der Waals surface area contributed by atoms with E-state index in [0.29, 0.717) is 6.54 Å². The Labute approximate surface area is 128 Å². The Hall–Kier alpha value is -2.57. The zero-order valence-corrected chi connectivity index (χ0v) is 12.4. The number of aromatic nitrogens is 4. The first-order chi connectivity index (χ1) is 10.7. The summed E-state index contributed by atoms with van der Waals surface area (Å²) in [4.78, 5) is 30.6. The maximum Gasteiger partial charge on any atom is 0.217 e. The van der Waals surface area contributed by atoms with Crippen molar-refractivity contribution < 1.29 is 4.79 Å². The van der Waals surface area contributed by atoms with Gasteiger partial charge in [0.2, 0.25) is 5.91 Å². The van der Waals surface area contributed by atoms with Crippen molar-refractivity contribution in [3.8, 4) is 0 Å². The topological polar surface area (TPSA) is 83.9 Å². The zero-order chi connectivity index (χ0) is 15.4. The highest BCUT2D eigenvalue weighted by molar-refractivity contribution is 5.72. The summed E-state index contributed by atoms with van der Waals surface area (Å²) in [6.45, 7) is 2.82. The molecule has 7 nitrogen and oxygen atoms in total. The minimum absolute atomic E-state index is 0.0748. The predicted molar refractivity (Wildman–Crippen MR) is 80.9 cm³/mol. The number of nitrogens with one attached hydrogen (secondary N) is 1. The number of amides is 1. The molecule has 7 heteroatoms. The van der Waals surface area contributed by atoms with Crippen LogP contribution in [0, 0.1) is 0 Å². The van der Waals surface area contributed by atoms with E-state index in [4.69, 9.17) is 0 Å². The lowest BCUT2D eigenvalue weighted by atomic mass is 10.1. The molecule has 0 unspecified atom stereocenters. The van der Waals surface area contributed by atoms with Crippen LogP contribution in [0.4, 0.5) is 5.82 Å². The first-order valence-electron chi connectivity index (χ1n) is 7.32. The summed E-state index contributed by atoms with van der Waals surface area (Å²) < 4.78 is 0. The second-order valence-electron chi connectivity index (χ2n) is 5.26. The second-order valence-corrected chi connectivity index (χ2v) is 5.26. The van der Waals surface area contributed by atoms with E-state index in [0.717, 1.165) is 36.6 Å². The summed E-state index contributed by atoms with van der Waals surface area (Å²) in [5, 5.41) is 2.75. The molecule has 2 aromatic heterocycles. The average molecular weight is 298 g/mol. The SMILES string of the molecule is CC(=O)NCc1cncc([C@H]2CCCN2c2cnccn2)n1. The van der Waals surface area contributed by atoms with E-state index >= 15 is 0 Å². The number of nitrogens with zero attached hydrogens (tertiary/aromatic N) is 5. The Balaban J connectivity index is 1.80. The molecule has 1 fully saturated rings. The van der Waals surface area contributed by atoms with E-state index in [1.807, 2.05) is 0 Å². The van der Waals surface area contributed by atoms with Crippen molar-refractivity contribution in [1.82, 2.24) is 25.3 Å². The number of rotatable bonds is 4. The summed E-state index contributed by atoms with van der Waals surface area (Å²) in [7, 11) is 0. The van der Waals surface area contributed by atoms with Crippen LogP contribution in [0.15, 0.2) is 31.0 Å². The number of hydrogen-bond acceptors (Lipinski definition) is 6. The fourth-order valence-corrected chi connectivity index (χ4v) is 2.67. The van der Waals surface area contributed by atoms with Crippen LogP contribution in [0.2, 0.25) is 0 Å². The lowest BCUT2D eigenvalue weighted by Gasteiger charge is -2.24. The minimum atomic E-state index is -0.0748. The second kappa shape index (κ2) is 6.46. The molecule has 0 saturated carbocycles. The number of carbonyl (C=O) groups is 1. The van der Waals surface area contributed by atoms with Crippen molar-refractivity contribution in [1.29, 1.82) is 0 Å². The number of hydrogen-bond donors (Lipinski definition) is 1. The highest BCUT2D eigenvalue weighted by Gasteiger charge is 2.28.